The predicted molar refractivity (Wildman–Crippen MR) is 79.5 cm³/mol. The Kier molecular flexibility index (Phi) is 3.98. The third kappa shape index (κ3) is 2.69. The summed E-state index contributed by atoms with van der Waals surface area (Å²) in [5.41, 5.74) is 1.67. The van der Waals surface area contributed by atoms with Crippen LogP contribution in [0.3, 0.4) is 0 Å². The Morgan fingerprint density at radius 2 is 2.25 bits per heavy atom. The summed E-state index contributed by atoms with van der Waals surface area (Å²) in [4.78, 5) is 12.1. The summed E-state index contributed by atoms with van der Waals surface area (Å²) in [6.07, 6.45) is 2.60. The minimum absolute atomic E-state index is 0.0697. The highest BCUT2D eigenvalue weighted by molar-refractivity contribution is 9.09. The second-order valence-electron chi connectivity index (χ2n) is 5.32. The van der Waals surface area contributed by atoms with Crippen molar-refractivity contribution in [3.8, 4) is 5.75 Å². The van der Waals surface area contributed by atoms with E-state index in [1.165, 1.54) is 0 Å². The summed E-state index contributed by atoms with van der Waals surface area (Å²) >= 11 is 3.71. The SMILES string of the molecule is CC1CCC(C(Br)c2ccc3c(c2)C(=O)NCCO3)O1. The summed E-state index contributed by atoms with van der Waals surface area (Å²) in [6.45, 7) is 3.15. The summed E-state index contributed by atoms with van der Waals surface area (Å²) in [7, 11) is 0. The molecule has 4 nitrogen and oxygen atoms in total. The lowest BCUT2D eigenvalue weighted by Crippen LogP contribution is -2.24. The molecule has 0 aliphatic carbocycles. The zero-order valence-electron chi connectivity index (χ0n) is 11.4. The van der Waals surface area contributed by atoms with Crippen molar-refractivity contribution in [1.82, 2.24) is 5.32 Å². The molecule has 0 aromatic heterocycles. The van der Waals surface area contributed by atoms with E-state index < -0.39 is 0 Å². The number of rotatable bonds is 2. The van der Waals surface area contributed by atoms with E-state index in [1.54, 1.807) is 0 Å². The average molecular weight is 340 g/mol. The second kappa shape index (κ2) is 5.74. The van der Waals surface area contributed by atoms with Crippen molar-refractivity contribution in [2.24, 2.45) is 0 Å². The zero-order valence-corrected chi connectivity index (χ0v) is 13.0. The van der Waals surface area contributed by atoms with Gasteiger partial charge >= 0.3 is 0 Å². The number of hydrogen-bond acceptors (Lipinski definition) is 3. The number of carbonyl (C=O) groups excluding carboxylic acids is 1. The molecule has 0 radical (unpaired) electrons. The molecule has 3 unspecified atom stereocenters. The second-order valence-corrected chi connectivity index (χ2v) is 6.31. The van der Waals surface area contributed by atoms with Crippen LogP contribution in [-0.2, 0) is 4.74 Å². The number of carbonyl (C=O) groups is 1. The van der Waals surface area contributed by atoms with Crippen LogP contribution < -0.4 is 10.1 Å². The smallest absolute Gasteiger partial charge is 0.255 e. The molecule has 20 heavy (non-hydrogen) atoms. The molecule has 1 aromatic carbocycles. The van der Waals surface area contributed by atoms with E-state index in [2.05, 4.69) is 28.2 Å². The summed E-state index contributed by atoms with van der Waals surface area (Å²) in [6, 6.07) is 5.78. The van der Waals surface area contributed by atoms with Gasteiger partial charge in [-0.1, -0.05) is 22.0 Å². The first-order chi connectivity index (χ1) is 9.65. The summed E-state index contributed by atoms with van der Waals surface area (Å²) in [5.74, 6) is 0.587. The Bertz CT molecular complexity index is 520. The van der Waals surface area contributed by atoms with E-state index >= 15 is 0 Å². The molecule has 0 saturated carbocycles. The summed E-state index contributed by atoms with van der Waals surface area (Å²) in [5, 5.41) is 2.83. The minimum Gasteiger partial charge on any atom is -0.491 e. The van der Waals surface area contributed by atoms with Gasteiger partial charge in [-0.2, -0.15) is 0 Å². The molecule has 0 spiro atoms. The molecule has 2 aliphatic rings. The van der Waals surface area contributed by atoms with Gasteiger partial charge in [0.05, 0.1) is 29.1 Å². The van der Waals surface area contributed by atoms with Gasteiger partial charge in [-0.25, -0.2) is 0 Å². The molecule has 1 amide bonds. The summed E-state index contributed by atoms with van der Waals surface area (Å²) < 4.78 is 11.5. The largest absolute Gasteiger partial charge is 0.491 e. The molecule has 5 heteroatoms. The van der Waals surface area contributed by atoms with E-state index in [1.807, 2.05) is 18.2 Å². The third-order valence-corrected chi connectivity index (χ3v) is 4.92. The van der Waals surface area contributed by atoms with Gasteiger partial charge < -0.3 is 14.8 Å². The Morgan fingerprint density at radius 1 is 1.40 bits per heavy atom. The first-order valence-electron chi connectivity index (χ1n) is 6.99. The molecule has 3 rings (SSSR count). The van der Waals surface area contributed by atoms with E-state index in [0.29, 0.717) is 30.6 Å². The van der Waals surface area contributed by atoms with Crippen LogP contribution in [0.4, 0.5) is 0 Å². The van der Waals surface area contributed by atoms with Crippen LogP contribution in [0.1, 0.15) is 40.5 Å². The fraction of sp³-hybridized carbons (Fsp3) is 0.533. The number of ether oxygens (including phenoxy) is 2. The van der Waals surface area contributed by atoms with Crippen molar-refractivity contribution in [1.29, 1.82) is 0 Å². The van der Waals surface area contributed by atoms with Crippen LogP contribution in [0.2, 0.25) is 0 Å². The van der Waals surface area contributed by atoms with Crippen LogP contribution in [0.5, 0.6) is 5.75 Å². The number of hydrogen-bond donors (Lipinski definition) is 1. The number of alkyl halides is 1. The van der Waals surface area contributed by atoms with Crippen molar-refractivity contribution in [2.75, 3.05) is 13.2 Å². The van der Waals surface area contributed by atoms with E-state index in [-0.39, 0.29) is 16.8 Å². The van der Waals surface area contributed by atoms with E-state index in [4.69, 9.17) is 9.47 Å². The number of benzene rings is 1. The van der Waals surface area contributed by atoms with Crippen molar-refractivity contribution in [2.45, 2.75) is 36.8 Å². The standard InChI is InChI=1S/C15H18BrNO3/c1-9-2-4-13(20-9)14(16)10-3-5-12-11(8-10)15(18)17-6-7-19-12/h3,5,8-9,13-14H,2,4,6-7H2,1H3,(H,17,18). The van der Waals surface area contributed by atoms with Crippen molar-refractivity contribution < 1.29 is 14.3 Å². The molecular formula is C15H18BrNO3. The van der Waals surface area contributed by atoms with Gasteiger partial charge in [0.1, 0.15) is 12.4 Å². The van der Waals surface area contributed by atoms with Crippen LogP contribution in [0.15, 0.2) is 18.2 Å². The van der Waals surface area contributed by atoms with Crippen LogP contribution in [0, 0.1) is 0 Å². The number of halogens is 1. The van der Waals surface area contributed by atoms with Gasteiger partial charge in [-0.15, -0.1) is 0 Å². The van der Waals surface area contributed by atoms with Gasteiger partial charge in [0.25, 0.3) is 5.91 Å². The lowest BCUT2D eigenvalue weighted by atomic mass is 10.0. The Balaban J connectivity index is 1.86. The normalized spacial score (nSPS) is 27.2. The molecule has 1 fully saturated rings. The molecule has 108 valence electrons. The number of fused-ring (bicyclic) bond motifs is 1. The van der Waals surface area contributed by atoms with Gasteiger partial charge in [0.2, 0.25) is 0 Å². The maximum Gasteiger partial charge on any atom is 0.255 e. The van der Waals surface area contributed by atoms with Crippen LogP contribution in [0.25, 0.3) is 0 Å². The highest BCUT2D eigenvalue weighted by Crippen LogP contribution is 2.37. The lowest BCUT2D eigenvalue weighted by molar-refractivity contribution is 0.0556. The Hall–Kier alpha value is -1.07. The molecule has 2 heterocycles. The topological polar surface area (TPSA) is 47.6 Å². The van der Waals surface area contributed by atoms with Gasteiger partial charge in [0, 0.05) is 0 Å². The third-order valence-electron chi connectivity index (χ3n) is 3.80. The van der Waals surface area contributed by atoms with Crippen molar-refractivity contribution in [3.05, 3.63) is 29.3 Å². The quantitative estimate of drug-likeness (QED) is 0.843. The fourth-order valence-electron chi connectivity index (χ4n) is 2.71. The van der Waals surface area contributed by atoms with Crippen LogP contribution >= 0.6 is 15.9 Å². The molecule has 2 aliphatic heterocycles. The van der Waals surface area contributed by atoms with Crippen molar-refractivity contribution in [3.63, 3.8) is 0 Å². The highest BCUT2D eigenvalue weighted by atomic mass is 79.9. The maximum atomic E-state index is 12.0. The Morgan fingerprint density at radius 3 is 3.00 bits per heavy atom. The average Bonchev–Trinajstić information content (AvgIpc) is 2.80. The molecule has 1 saturated heterocycles. The van der Waals surface area contributed by atoms with E-state index in [0.717, 1.165) is 18.4 Å². The molecule has 1 aromatic rings. The van der Waals surface area contributed by atoms with Crippen LogP contribution in [-0.4, -0.2) is 31.3 Å². The monoisotopic (exact) mass is 339 g/mol. The Labute approximate surface area is 127 Å². The molecule has 1 N–H and O–H groups in total. The molecule has 3 atom stereocenters. The van der Waals surface area contributed by atoms with Gasteiger partial charge in [-0.3, -0.25) is 4.79 Å². The fourth-order valence-corrected chi connectivity index (χ4v) is 3.38. The lowest BCUT2D eigenvalue weighted by Gasteiger charge is -2.19. The number of nitrogens with one attached hydrogen (secondary N) is 1. The van der Waals surface area contributed by atoms with Crippen molar-refractivity contribution >= 4 is 21.8 Å². The zero-order chi connectivity index (χ0) is 14.1. The minimum atomic E-state index is -0.0697. The maximum absolute atomic E-state index is 12.0. The molecular weight excluding hydrogens is 322 g/mol. The molecule has 0 bridgehead atoms. The predicted octanol–water partition coefficient (Wildman–Crippen LogP) is 2.81. The first kappa shape index (κ1) is 13.9. The first-order valence-corrected chi connectivity index (χ1v) is 7.91. The van der Waals surface area contributed by atoms with Gasteiger partial charge in [-0.05, 0) is 37.5 Å². The number of amides is 1. The van der Waals surface area contributed by atoms with E-state index in [9.17, 15) is 4.79 Å². The van der Waals surface area contributed by atoms with Gasteiger partial charge in [0.15, 0.2) is 0 Å². The highest BCUT2D eigenvalue weighted by Gasteiger charge is 2.30.